The average molecular weight is 419 g/mol. The molecule has 2 aromatic carbocycles. The van der Waals surface area contributed by atoms with Gasteiger partial charge >= 0.3 is 12.0 Å². The van der Waals surface area contributed by atoms with Gasteiger partial charge in [0.2, 0.25) is 0 Å². The van der Waals surface area contributed by atoms with Crippen LogP contribution < -0.4 is 5.32 Å². The Morgan fingerprint density at radius 1 is 1.11 bits per heavy atom. The molecule has 0 bridgehead atoms. The molecule has 6 nitrogen and oxygen atoms in total. The smallest absolute Gasteiger partial charge is 0.324 e. The second kappa shape index (κ2) is 9.61. The monoisotopic (exact) mass is 418 g/mol. The number of ether oxygens (including phenoxy) is 1. The normalized spacial score (nSPS) is 14.5. The van der Waals surface area contributed by atoms with E-state index >= 15 is 0 Å². The van der Waals surface area contributed by atoms with Gasteiger partial charge in [0.25, 0.3) is 5.91 Å². The van der Waals surface area contributed by atoms with Crippen molar-refractivity contribution < 1.29 is 19.1 Å². The van der Waals surface area contributed by atoms with Crippen LogP contribution in [0.25, 0.3) is 0 Å². The number of imide groups is 1. The van der Waals surface area contributed by atoms with Crippen LogP contribution in [0.1, 0.15) is 16.4 Å². The predicted molar refractivity (Wildman–Crippen MR) is 108 cm³/mol. The highest BCUT2D eigenvalue weighted by Gasteiger charge is 2.27. The van der Waals surface area contributed by atoms with Gasteiger partial charge in [-0.05, 0) is 23.3 Å². The lowest BCUT2D eigenvalue weighted by Gasteiger charge is -2.18. The summed E-state index contributed by atoms with van der Waals surface area (Å²) in [5.74, 6) is -0.958. The zero-order chi connectivity index (χ0) is 19.9. The van der Waals surface area contributed by atoms with Crippen LogP contribution in [0, 0.1) is 0 Å². The molecule has 146 valence electrons. The summed E-state index contributed by atoms with van der Waals surface area (Å²) < 4.78 is 5.05. The standard InChI is InChI=1S/C20H19ClN2O4S/c21-16-8-6-15(7-9-16)19(14-4-2-1-3-5-14)28-13-18(25)27-12-17(24)23-11-10-22-20(23)26/h1-9,19H,10-13H2,(H,22,26)/t19-/m1/s1. The van der Waals surface area contributed by atoms with Gasteiger partial charge in [-0.1, -0.05) is 54.1 Å². The number of nitrogens with one attached hydrogen (secondary N) is 1. The van der Waals surface area contributed by atoms with E-state index in [1.807, 2.05) is 54.6 Å². The number of esters is 1. The van der Waals surface area contributed by atoms with Gasteiger partial charge in [-0.2, -0.15) is 0 Å². The second-order valence-electron chi connectivity index (χ2n) is 6.09. The van der Waals surface area contributed by atoms with Crippen molar-refractivity contribution in [3.63, 3.8) is 0 Å². The first-order chi connectivity index (χ1) is 13.5. The number of hydrogen-bond acceptors (Lipinski definition) is 5. The number of nitrogens with zero attached hydrogens (tertiary/aromatic N) is 1. The molecule has 1 heterocycles. The van der Waals surface area contributed by atoms with Crippen molar-refractivity contribution in [1.29, 1.82) is 0 Å². The Hall–Kier alpha value is -2.51. The van der Waals surface area contributed by atoms with Crippen LogP contribution in [0.2, 0.25) is 5.02 Å². The van der Waals surface area contributed by atoms with Gasteiger partial charge in [0.05, 0.1) is 11.0 Å². The van der Waals surface area contributed by atoms with E-state index in [-0.39, 0.29) is 17.5 Å². The number of rotatable bonds is 7. The molecule has 8 heteroatoms. The maximum absolute atomic E-state index is 12.1. The third-order valence-corrected chi connectivity index (χ3v) is 5.69. The average Bonchev–Trinajstić information content (AvgIpc) is 3.14. The molecule has 2 aromatic rings. The van der Waals surface area contributed by atoms with Crippen LogP contribution in [0.15, 0.2) is 54.6 Å². The van der Waals surface area contributed by atoms with Gasteiger partial charge < -0.3 is 10.1 Å². The first-order valence-corrected chi connectivity index (χ1v) is 10.1. The molecular weight excluding hydrogens is 400 g/mol. The fraction of sp³-hybridized carbons (Fsp3) is 0.250. The molecule has 3 rings (SSSR count). The van der Waals surface area contributed by atoms with Gasteiger partial charge in [0, 0.05) is 18.1 Å². The zero-order valence-electron chi connectivity index (χ0n) is 15.0. The molecule has 1 N–H and O–H groups in total. The molecule has 1 aliphatic rings. The molecule has 28 heavy (non-hydrogen) atoms. The summed E-state index contributed by atoms with van der Waals surface area (Å²) in [5, 5.41) is 3.10. The third-order valence-electron chi connectivity index (χ3n) is 4.16. The molecule has 0 aliphatic carbocycles. The predicted octanol–water partition coefficient (Wildman–Crippen LogP) is 3.26. The fourth-order valence-electron chi connectivity index (χ4n) is 2.77. The van der Waals surface area contributed by atoms with E-state index in [2.05, 4.69) is 5.32 Å². The molecule has 3 amide bonds. The Morgan fingerprint density at radius 3 is 2.43 bits per heavy atom. The number of halogens is 1. The SMILES string of the molecule is O=C(CS[C@H](c1ccccc1)c1ccc(Cl)cc1)OCC(=O)N1CCNC1=O. The highest BCUT2D eigenvalue weighted by atomic mass is 35.5. The van der Waals surface area contributed by atoms with Crippen molar-refractivity contribution in [2.75, 3.05) is 25.4 Å². The number of carbonyl (C=O) groups excluding carboxylic acids is 3. The van der Waals surface area contributed by atoms with Gasteiger partial charge in [0.1, 0.15) is 0 Å². The van der Waals surface area contributed by atoms with Crippen molar-refractivity contribution >= 4 is 41.3 Å². The molecule has 0 unspecified atom stereocenters. The Morgan fingerprint density at radius 2 is 1.79 bits per heavy atom. The Balaban J connectivity index is 1.58. The van der Waals surface area contributed by atoms with Crippen LogP contribution in [0.5, 0.6) is 0 Å². The number of hydrogen-bond donors (Lipinski definition) is 1. The molecule has 1 aliphatic heterocycles. The lowest BCUT2D eigenvalue weighted by Crippen LogP contribution is -2.37. The molecule has 0 radical (unpaired) electrons. The summed E-state index contributed by atoms with van der Waals surface area (Å²) in [5.41, 5.74) is 2.06. The minimum atomic E-state index is -0.523. The fourth-order valence-corrected chi connectivity index (χ4v) is 3.98. The van der Waals surface area contributed by atoms with Crippen molar-refractivity contribution in [2.24, 2.45) is 0 Å². The summed E-state index contributed by atoms with van der Waals surface area (Å²) in [4.78, 5) is 36.6. The Bertz CT molecular complexity index is 845. The minimum absolute atomic E-state index is 0.0711. The minimum Gasteiger partial charge on any atom is -0.455 e. The first-order valence-electron chi connectivity index (χ1n) is 8.70. The highest BCUT2D eigenvalue weighted by Crippen LogP contribution is 2.36. The highest BCUT2D eigenvalue weighted by molar-refractivity contribution is 8.00. The zero-order valence-corrected chi connectivity index (χ0v) is 16.5. The van der Waals surface area contributed by atoms with E-state index in [0.29, 0.717) is 11.6 Å². The van der Waals surface area contributed by atoms with Crippen molar-refractivity contribution in [3.05, 3.63) is 70.7 Å². The number of carbonyl (C=O) groups is 3. The molecule has 0 spiro atoms. The third kappa shape index (κ3) is 5.27. The van der Waals surface area contributed by atoms with Crippen molar-refractivity contribution in [3.8, 4) is 0 Å². The van der Waals surface area contributed by atoms with E-state index in [0.717, 1.165) is 16.0 Å². The summed E-state index contributed by atoms with van der Waals surface area (Å²) >= 11 is 7.38. The topological polar surface area (TPSA) is 75.7 Å². The summed E-state index contributed by atoms with van der Waals surface area (Å²) in [6.07, 6.45) is 0. The molecule has 0 saturated carbocycles. The maximum atomic E-state index is 12.1. The second-order valence-corrected chi connectivity index (χ2v) is 7.62. The van der Waals surface area contributed by atoms with E-state index in [1.54, 1.807) is 0 Å². The van der Waals surface area contributed by atoms with E-state index < -0.39 is 24.5 Å². The number of benzene rings is 2. The van der Waals surface area contributed by atoms with Crippen molar-refractivity contribution in [2.45, 2.75) is 5.25 Å². The van der Waals surface area contributed by atoms with Crippen molar-refractivity contribution in [1.82, 2.24) is 10.2 Å². The van der Waals surface area contributed by atoms with Crippen LogP contribution in [0.3, 0.4) is 0 Å². The van der Waals surface area contributed by atoms with Crippen LogP contribution in [-0.2, 0) is 14.3 Å². The number of amides is 3. The van der Waals surface area contributed by atoms with Crippen LogP contribution in [0.4, 0.5) is 4.79 Å². The summed E-state index contributed by atoms with van der Waals surface area (Å²) in [7, 11) is 0. The van der Waals surface area contributed by atoms with Gasteiger partial charge in [-0.25, -0.2) is 4.79 Å². The van der Waals surface area contributed by atoms with Crippen LogP contribution in [-0.4, -0.2) is 48.3 Å². The summed E-state index contributed by atoms with van der Waals surface area (Å²) in [6, 6.07) is 16.8. The lowest BCUT2D eigenvalue weighted by atomic mass is 10.0. The molecule has 1 saturated heterocycles. The maximum Gasteiger partial charge on any atom is 0.324 e. The molecule has 1 atom stereocenters. The largest absolute Gasteiger partial charge is 0.455 e. The van der Waals surface area contributed by atoms with E-state index in [1.165, 1.54) is 11.8 Å². The molecular formula is C20H19ClN2O4S. The number of thioether (sulfide) groups is 1. The summed E-state index contributed by atoms with van der Waals surface area (Å²) in [6.45, 7) is 0.259. The number of urea groups is 1. The Labute approximate surface area is 172 Å². The Kier molecular flexibility index (Phi) is 6.95. The quantitative estimate of drug-likeness (QED) is 0.698. The first kappa shape index (κ1) is 20.2. The molecule has 1 fully saturated rings. The van der Waals surface area contributed by atoms with E-state index in [4.69, 9.17) is 16.3 Å². The van der Waals surface area contributed by atoms with Crippen LogP contribution >= 0.6 is 23.4 Å². The van der Waals surface area contributed by atoms with Gasteiger partial charge in [0.15, 0.2) is 6.61 Å². The van der Waals surface area contributed by atoms with E-state index in [9.17, 15) is 14.4 Å². The lowest BCUT2D eigenvalue weighted by molar-refractivity contribution is -0.148. The van der Waals surface area contributed by atoms with Gasteiger partial charge in [-0.3, -0.25) is 14.5 Å². The van der Waals surface area contributed by atoms with Gasteiger partial charge in [-0.15, -0.1) is 11.8 Å². The molecule has 0 aromatic heterocycles.